The second-order valence-corrected chi connectivity index (χ2v) is 2.84. The molecule has 0 aromatic carbocycles. The molecule has 0 spiro atoms. The van der Waals surface area contributed by atoms with Crippen molar-refractivity contribution in [3.63, 3.8) is 0 Å². The molecule has 7 heteroatoms. The molecule has 0 aromatic heterocycles. The average Bonchev–Trinajstić information content (AvgIpc) is 2.21. The van der Waals surface area contributed by atoms with Crippen molar-refractivity contribution in [2.45, 2.75) is 13.1 Å². The van der Waals surface area contributed by atoms with Gasteiger partial charge < -0.3 is 10.5 Å². The van der Waals surface area contributed by atoms with Crippen LogP contribution in [0.2, 0.25) is 0 Å². The Morgan fingerprint density at radius 1 is 1.41 bits per heavy atom. The summed E-state index contributed by atoms with van der Waals surface area (Å²) in [5.41, 5.74) is 3.92. The lowest BCUT2D eigenvalue weighted by Crippen LogP contribution is -2.21. The Morgan fingerprint density at radius 2 is 2.00 bits per heavy atom. The largest absolute Gasteiger partial charge is 0.463 e. The maximum Gasteiger partial charge on any atom is 0.432 e. The van der Waals surface area contributed by atoms with Gasteiger partial charge in [-0.1, -0.05) is 0 Å². The van der Waals surface area contributed by atoms with E-state index in [1.54, 1.807) is 6.92 Å². The van der Waals surface area contributed by atoms with Gasteiger partial charge in [-0.05, 0) is 19.1 Å². The van der Waals surface area contributed by atoms with Crippen LogP contribution in [0.25, 0.3) is 0 Å². The van der Waals surface area contributed by atoms with Gasteiger partial charge in [-0.2, -0.15) is 13.2 Å². The molecule has 0 saturated heterocycles. The molecule has 0 radical (unpaired) electrons. The van der Waals surface area contributed by atoms with Crippen LogP contribution in [0.3, 0.4) is 0 Å². The van der Waals surface area contributed by atoms with E-state index >= 15 is 0 Å². The van der Waals surface area contributed by atoms with Gasteiger partial charge in [0.1, 0.15) is 5.71 Å². The fraction of sp³-hybridized carbons (Fsp3) is 0.400. The van der Waals surface area contributed by atoms with Crippen molar-refractivity contribution < 1.29 is 22.7 Å². The van der Waals surface area contributed by atoms with Gasteiger partial charge in [0.25, 0.3) is 0 Å². The minimum Gasteiger partial charge on any atom is -0.463 e. The van der Waals surface area contributed by atoms with Crippen LogP contribution in [-0.4, -0.2) is 31.5 Å². The zero-order chi connectivity index (χ0) is 13.5. The molecule has 4 nitrogen and oxygen atoms in total. The number of rotatable bonds is 4. The summed E-state index contributed by atoms with van der Waals surface area (Å²) in [7, 11) is 1.00. The molecule has 0 aromatic rings. The Bertz CT molecular complexity index is 357. The lowest BCUT2D eigenvalue weighted by Gasteiger charge is -2.05. The van der Waals surface area contributed by atoms with Gasteiger partial charge in [0.15, 0.2) is 0 Å². The number of carbonyl (C=O) groups is 1. The third kappa shape index (κ3) is 6.39. The molecule has 2 N–H and O–H groups in total. The van der Waals surface area contributed by atoms with Gasteiger partial charge in [0, 0.05) is 18.8 Å². The van der Waals surface area contributed by atoms with E-state index in [9.17, 15) is 18.0 Å². The maximum atomic E-state index is 12.3. The van der Waals surface area contributed by atoms with Crippen molar-refractivity contribution in [3.8, 4) is 0 Å². The van der Waals surface area contributed by atoms with Crippen molar-refractivity contribution in [3.05, 3.63) is 23.9 Å². The van der Waals surface area contributed by atoms with Crippen LogP contribution in [0.4, 0.5) is 13.2 Å². The average molecular weight is 250 g/mol. The van der Waals surface area contributed by atoms with E-state index in [4.69, 9.17) is 5.73 Å². The first-order valence-corrected chi connectivity index (χ1v) is 4.67. The van der Waals surface area contributed by atoms with E-state index in [1.165, 1.54) is 0 Å². The summed E-state index contributed by atoms with van der Waals surface area (Å²) in [6.45, 7) is 1.79. The van der Waals surface area contributed by atoms with Crippen LogP contribution < -0.4 is 5.73 Å². The number of ether oxygens (including phenoxy) is 1. The van der Waals surface area contributed by atoms with E-state index < -0.39 is 17.9 Å². The predicted molar refractivity (Wildman–Crippen MR) is 57.5 cm³/mol. The predicted octanol–water partition coefficient (Wildman–Crippen LogP) is 1.58. The first-order valence-electron chi connectivity index (χ1n) is 4.67. The van der Waals surface area contributed by atoms with Crippen LogP contribution in [0, 0.1) is 0 Å². The monoisotopic (exact) mass is 250 g/mol. The van der Waals surface area contributed by atoms with Crippen LogP contribution in [-0.2, 0) is 9.53 Å². The van der Waals surface area contributed by atoms with E-state index in [-0.39, 0.29) is 12.3 Å². The number of nitrogens with two attached hydrogens (primary N) is 1. The number of allylic oxidation sites excluding steroid dienone is 2. The fourth-order valence-electron chi connectivity index (χ4n) is 0.834. The van der Waals surface area contributed by atoms with E-state index in [2.05, 4.69) is 9.73 Å². The molecule has 0 rings (SSSR count). The summed E-state index contributed by atoms with van der Waals surface area (Å²) in [6, 6.07) is 0. The highest BCUT2D eigenvalue weighted by Gasteiger charge is 2.33. The lowest BCUT2D eigenvalue weighted by molar-refractivity contribution is -0.137. The first-order chi connectivity index (χ1) is 7.81. The molecule has 0 aliphatic heterocycles. The van der Waals surface area contributed by atoms with E-state index in [0.29, 0.717) is 6.08 Å². The Balaban J connectivity index is 4.71. The second kappa shape index (κ2) is 6.72. The van der Waals surface area contributed by atoms with Crippen molar-refractivity contribution >= 4 is 11.7 Å². The van der Waals surface area contributed by atoms with Crippen LogP contribution in [0.1, 0.15) is 6.92 Å². The molecule has 0 amide bonds. The highest BCUT2D eigenvalue weighted by atomic mass is 19.4. The SMILES string of the molecule is CCOC(=O)/C=C/C(N)=C/C(=NC)C(F)(F)F. The summed E-state index contributed by atoms with van der Waals surface area (Å²) in [5, 5.41) is 0. The lowest BCUT2D eigenvalue weighted by atomic mass is 10.2. The molecule has 0 atom stereocenters. The highest BCUT2D eigenvalue weighted by Crippen LogP contribution is 2.18. The number of halogens is 3. The molecule has 0 fully saturated rings. The summed E-state index contributed by atoms with van der Waals surface area (Å²) in [4.78, 5) is 13.9. The summed E-state index contributed by atoms with van der Waals surface area (Å²) in [6.07, 6.45) is -1.97. The number of alkyl halides is 3. The zero-order valence-electron chi connectivity index (χ0n) is 9.41. The third-order valence-electron chi connectivity index (χ3n) is 1.53. The van der Waals surface area contributed by atoms with E-state index in [0.717, 1.165) is 19.2 Å². The normalized spacial score (nSPS) is 14.2. The minimum atomic E-state index is -4.57. The third-order valence-corrected chi connectivity index (χ3v) is 1.53. The quantitative estimate of drug-likeness (QED) is 0.356. The number of esters is 1. The van der Waals surface area contributed by atoms with Gasteiger partial charge in [-0.25, -0.2) is 4.79 Å². The van der Waals surface area contributed by atoms with Crippen LogP contribution in [0.5, 0.6) is 0 Å². The number of nitrogens with zero attached hydrogens (tertiary/aromatic N) is 1. The molecule has 0 aliphatic rings. The molecule has 0 unspecified atom stereocenters. The van der Waals surface area contributed by atoms with Crippen LogP contribution in [0.15, 0.2) is 28.9 Å². The van der Waals surface area contributed by atoms with Gasteiger partial charge in [0.05, 0.1) is 6.61 Å². The van der Waals surface area contributed by atoms with Crippen molar-refractivity contribution in [2.75, 3.05) is 13.7 Å². The van der Waals surface area contributed by atoms with Crippen LogP contribution >= 0.6 is 0 Å². The molecule has 0 bridgehead atoms. The van der Waals surface area contributed by atoms with Gasteiger partial charge >= 0.3 is 12.1 Å². The van der Waals surface area contributed by atoms with Gasteiger partial charge in [-0.15, -0.1) is 0 Å². The second-order valence-electron chi connectivity index (χ2n) is 2.84. The van der Waals surface area contributed by atoms with Gasteiger partial charge in [-0.3, -0.25) is 4.99 Å². The Labute approximate surface area is 96.7 Å². The summed E-state index contributed by atoms with van der Waals surface area (Å²) >= 11 is 0. The highest BCUT2D eigenvalue weighted by molar-refractivity contribution is 6.00. The zero-order valence-corrected chi connectivity index (χ0v) is 9.41. The smallest absolute Gasteiger partial charge is 0.432 e. The summed E-state index contributed by atoms with van der Waals surface area (Å²) in [5.74, 6) is -0.675. The molecular formula is C10H13F3N2O2. The number of carbonyl (C=O) groups excluding carboxylic acids is 1. The Hall–Kier alpha value is -1.79. The number of aliphatic imine (C=N–C) groups is 1. The molecular weight excluding hydrogens is 237 g/mol. The van der Waals surface area contributed by atoms with Crippen molar-refractivity contribution in [2.24, 2.45) is 10.7 Å². The fourth-order valence-corrected chi connectivity index (χ4v) is 0.834. The topological polar surface area (TPSA) is 64.7 Å². The standard InChI is InChI=1S/C10H13F3N2O2/c1-3-17-9(16)5-4-7(14)6-8(15-2)10(11,12)13/h4-6H,3,14H2,1-2H3/b5-4+,7-6-,15-8?. The maximum absolute atomic E-state index is 12.3. The summed E-state index contributed by atoms with van der Waals surface area (Å²) < 4.78 is 41.3. The molecule has 0 aliphatic carbocycles. The van der Waals surface area contributed by atoms with E-state index in [1.807, 2.05) is 0 Å². The Kier molecular flexibility index (Phi) is 6.01. The number of hydrogen-bond acceptors (Lipinski definition) is 4. The first kappa shape index (κ1) is 15.2. The van der Waals surface area contributed by atoms with Crippen molar-refractivity contribution in [1.82, 2.24) is 0 Å². The number of hydrogen-bond donors (Lipinski definition) is 1. The molecule has 17 heavy (non-hydrogen) atoms. The van der Waals surface area contributed by atoms with Gasteiger partial charge in [0.2, 0.25) is 0 Å². The molecule has 0 saturated carbocycles. The Morgan fingerprint density at radius 3 is 2.41 bits per heavy atom. The van der Waals surface area contributed by atoms with Crippen molar-refractivity contribution in [1.29, 1.82) is 0 Å². The molecule has 0 heterocycles. The molecule has 96 valence electrons. The minimum absolute atomic E-state index is 0.178.